The van der Waals surface area contributed by atoms with Crippen LogP contribution in [-0.4, -0.2) is 53.0 Å². The van der Waals surface area contributed by atoms with Crippen LogP contribution in [0.4, 0.5) is 4.39 Å². The number of halogens is 1. The second-order valence-corrected chi connectivity index (χ2v) is 2.55. The van der Waals surface area contributed by atoms with Crippen molar-refractivity contribution in [3.63, 3.8) is 0 Å². The first-order chi connectivity index (χ1) is 5.16. The van der Waals surface area contributed by atoms with Gasteiger partial charge in [0.15, 0.2) is 6.17 Å². The van der Waals surface area contributed by atoms with Gasteiger partial charge in [-0.3, -0.25) is 0 Å². The standard InChI is InChI=1S/C6H11FO4/c7-3-2-11-4(1-8)6(10)5(3)9/h3-6,8-10H,1-2H2/t3?,4?,5?,6-/m1/s1. The van der Waals surface area contributed by atoms with Crippen molar-refractivity contribution in [1.29, 1.82) is 0 Å². The predicted molar refractivity (Wildman–Crippen MR) is 33.7 cm³/mol. The first kappa shape index (κ1) is 8.86. The smallest absolute Gasteiger partial charge is 0.152 e. The van der Waals surface area contributed by atoms with E-state index in [9.17, 15) is 4.39 Å². The predicted octanol–water partition coefficient (Wildman–Crippen LogP) is -1.56. The molecule has 0 saturated carbocycles. The van der Waals surface area contributed by atoms with Crippen molar-refractivity contribution in [3.8, 4) is 0 Å². The summed E-state index contributed by atoms with van der Waals surface area (Å²) in [5.74, 6) is 0. The number of hydrogen-bond donors (Lipinski definition) is 3. The van der Waals surface area contributed by atoms with E-state index in [4.69, 9.17) is 15.3 Å². The van der Waals surface area contributed by atoms with E-state index in [0.29, 0.717) is 0 Å². The van der Waals surface area contributed by atoms with E-state index in [1.807, 2.05) is 0 Å². The topological polar surface area (TPSA) is 69.9 Å². The summed E-state index contributed by atoms with van der Waals surface area (Å²) < 4.78 is 17.2. The molecule has 1 fully saturated rings. The molecule has 0 radical (unpaired) electrons. The third kappa shape index (κ3) is 1.67. The minimum atomic E-state index is -1.56. The van der Waals surface area contributed by atoms with Crippen molar-refractivity contribution >= 4 is 0 Å². The van der Waals surface area contributed by atoms with Crippen molar-refractivity contribution in [2.24, 2.45) is 0 Å². The Labute approximate surface area is 63.2 Å². The van der Waals surface area contributed by atoms with Gasteiger partial charge in [0.2, 0.25) is 0 Å². The number of ether oxygens (including phenoxy) is 1. The maximum Gasteiger partial charge on any atom is 0.152 e. The molecule has 1 rings (SSSR count). The fraction of sp³-hybridized carbons (Fsp3) is 1.00. The van der Waals surface area contributed by atoms with Crippen LogP contribution in [0.2, 0.25) is 0 Å². The van der Waals surface area contributed by atoms with Gasteiger partial charge in [-0.2, -0.15) is 0 Å². The Morgan fingerprint density at radius 1 is 1.36 bits per heavy atom. The summed E-state index contributed by atoms with van der Waals surface area (Å²) in [6.45, 7) is -0.686. The van der Waals surface area contributed by atoms with E-state index in [0.717, 1.165) is 0 Å². The van der Waals surface area contributed by atoms with Crippen LogP contribution in [0.5, 0.6) is 0 Å². The summed E-state index contributed by atoms with van der Waals surface area (Å²) in [5, 5.41) is 26.5. The highest BCUT2D eigenvalue weighted by Gasteiger charge is 2.37. The molecule has 0 spiro atoms. The normalized spacial score (nSPS) is 45.8. The fourth-order valence-corrected chi connectivity index (χ4v) is 1.01. The Morgan fingerprint density at radius 2 is 2.00 bits per heavy atom. The first-order valence-electron chi connectivity index (χ1n) is 3.39. The minimum absolute atomic E-state index is 0.274. The van der Waals surface area contributed by atoms with Crippen molar-refractivity contribution in [2.45, 2.75) is 24.5 Å². The molecule has 0 aromatic heterocycles. The maximum atomic E-state index is 12.5. The third-order valence-electron chi connectivity index (χ3n) is 1.75. The monoisotopic (exact) mass is 166 g/mol. The summed E-state index contributed by atoms with van der Waals surface area (Å²) in [6.07, 6.45) is -5.20. The summed E-state index contributed by atoms with van der Waals surface area (Å²) in [7, 11) is 0. The zero-order valence-corrected chi connectivity index (χ0v) is 5.85. The van der Waals surface area contributed by atoms with Gasteiger partial charge in [-0.25, -0.2) is 4.39 Å². The average molecular weight is 166 g/mol. The van der Waals surface area contributed by atoms with Crippen molar-refractivity contribution in [1.82, 2.24) is 0 Å². The largest absolute Gasteiger partial charge is 0.394 e. The van der Waals surface area contributed by atoms with Crippen LogP contribution in [0.25, 0.3) is 0 Å². The lowest BCUT2D eigenvalue weighted by molar-refractivity contribution is -0.178. The lowest BCUT2D eigenvalue weighted by Gasteiger charge is -2.32. The van der Waals surface area contributed by atoms with Gasteiger partial charge in [0.05, 0.1) is 13.2 Å². The summed E-state index contributed by atoms with van der Waals surface area (Å²) in [4.78, 5) is 0. The molecule has 1 heterocycles. The first-order valence-corrected chi connectivity index (χ1v) is 3.39. The van der Waals surface area contributed by atoms with Gasteiger partial charge < -0.3 is 20.1 Å². The molecule has 66 valence electrons. The quantitative estimate of drug-likeness (QED) is 0.440. The van der Waals surface area contributed by atoms with Gasteiger partial charge in [0, 0.05) is 0 Å². The SMILES string of the molecule is OCC1OCC(F)C(O)[C@@H]1O. The number of rotatable bonds is 1. The summed E-state index contributed by atoms with van der Waals surface area (Å²) in [6, 6.07) is 0. The van der Waals surface area contributed by atoms with E-state index in [1.54, 1.807) is 0 Å². The van der Waals surface area contributed by atoms with Gasteiger partial charge in [0.25, 0.3) is 0 Å². The fourth-order valence-electron chi connectivity index (χ4n) is 1.01. The van der Waals surface area contributed by atoms with E-state index >= 15 is 0 Å². The number of alkyl halides is 1. The molecule has 5 heteroatoms. The number of hydrogen-bond acceptors (Lipinski definition) is 4. The van der Waals surface area contributed by atoms with E-state index in [1.165, 1.54) is 0 Å². The van der Waals surface area contributed by atoms with Gasteiger partial charge in [-0.1, -0.05) is 0 Å². The molecular formula is C6H11FO4. The minimum Gasteiger partial charge on any atom is -0.394 e. The van der Waals surface area contributed by atoms with E-state index in [-0.39, 0.29) is 6.61 Å². The summed E-state index contributed by atoms with van der Waals surface area (Å²) >= 11 is 0. The average Bonchev–Trinajstić information content (AvgIpc) is 2.01. The molecule has 1 saturated heterocycles. The number of aliphatic hydroxyl groups excluding tert-OH is 3. The van der Waals surface area contributed by atoms with Crippen LogP contribution in [0.1, 0.15) is 0 Å². The highest BCUT2D eigenvalue weighted by Crippen LogP contribution is 2.16. The molecule has 11 heavy (non-hydrogen) atoms. The molecule has 0 amide bonds. The van der Waals surface area contributed by atoms with Gasteiger partial charge in [0.1, 0.15) is 18.3 Å². The Hall–Kier alpha value is -0.230. The van der Waals surface area contributed by atoms with Crippen LogP contribution < -0.4 is 0 Å². The number of aliphatic hydroxyl groups is 3. The van der Waals surface area contributed by atoms with E-state index < -0.39 is 31.1 Å². The zero-order chi connectivity index (χ0) is 8.43. The molecule has 1 aliphatic rings. The molecule has 0 aromatic carbocycles. The Morgan fingerprint density at radius 3 is 2.55 bits per heavy atom. The van der Waals surface area contributed by atoms with Crippen molar-refractivity contribution in [2.75, 3.05) is 13.2 Å². The van der Waals surface area contributed by atoms with Crippen LogP contribution in [-0.2, 0) is 4.74 Å². The third-order valence-corrected chi connectivity index (χ3v) is 1.75. The molecule has 4 atom stereocenters. The Balaban J connectivity index is 2.52. The second-order valence-electron chi connectivity index (χ2n) is 2.55. The lowest BCUT2D eigenvalue weighted by Crippen LogP contribution is -2.52. The van der Waals surface area contributed by atoms with Crippen LogP contribution >= 0.6 is 0 Å². The Bertz CT molecular complexity index is 130. The lowest BCUT2D eigenvalue weighted by atomic mass is 10.0. The van der Waals surface area contributed by atoms with Gasteiger partial charge >= 0.3 is 0 Å². The Kier molecular flexibility index (Phi) is 2.78. The zero-order valence-electron chi connectivity index (χ0n) is 5.85. The van der Waals surface area contributed by atoms with Crippen LogP contribution in [0, 0.1) is 0 Å². The highest BCUT2D eigenvalue weighted by atomic mass is 19.1. The second kappa shape index (κ2) is 3.44. The van der Waals surface area contributed by atoms with E-state index in [2.05, 4.69) is 4.74 Å². The van der Waals surface area contributed by atoms with Gasteiger partial charge in [-0.15, -0.1) is 0 Å². The highest BCUT2D eigenvalue weighted by molar-refractivity contribution is 4.86. The van der Waals surface area contributed by atoms with Crippen LogP contribution in [0.3, 0.4) is 0 Å². The molecule has 3 N–H and O–H groups in total. The summed E-state index contributed by atoms with van der Waals surface area (Å²) in [5.41, 5.74) is 0. The van der Waals surface area contributed by atoms with Crippen molar-refractivity contribution < 1.29 is 24.4 Å². The molecular weight excluding hydrogens is 155 g/mol. The van der Waals surface area contributed by atoms with Gasteiger partial charge in [-0.05, 0) is 0 Å². The molecule has 1 aliphatic heterocycles. The molecule has 0 aromatic rings. The van der Waals surface area contributed by atoms with Crippen LogP contribution in [0.15, 0.2) is 0 Å². The molecule has 0 aliphatic carbocycles. The molecule has 3 unspecified atom stereocenters. The maximum absolute atomic E-state index is 12.5. The molecule has 4 nitrogen and oxygen atoms in total. The molecule has 0 bridgehead atoms. The van der Waals surface area contributed by atoms with Crippen molar-refractivity contribution in [3.05, 3.63) is 0 Å².